The number of unbranched alkanes of at least 4 members (excludes halogenated alkanes) is 24. The molecule has 0 fully saturated rings. The zero-order chi connectivity index (χ0) is 40.7. The van der Waals surface area contributed by atoms with Crippen LogP contribution in [0.1, 0.15) is 213 Å². The molecule has 0 aliphatic heterocycles. The van der Waals surface area contributed by atoms with E-state index in [-0.39, 0.29) is 51.9 Å². The lowest BCUT2D eigenvalue weighted by atomic mass is 10.0. The number of carboxylic acids is 1. The molecule has 0 aliphatic rings. The van der Waals surface area contributed by atoms with Crippen molar-refractivity contribution in [3.05, 3.63) is 0 Å². The highest BCUT2D eigenvalue weighted by Crippen LogP contribution is 2.43. The summed E-state index contributed by atoms with van der Waals surface area (Å²) in [6, 6.07) is 0. The number of hydrogen-bond donors (Lipinski definition) is 3. The molecule has 13 heteroatoms. The van der Waals surface area contributed by atoms with Crippen molar-refractivity contribution in [2.75, 3.05) is 26.4 Å². The lowest BCUT2D eigenvalue weighted by Gasteiger charge is -2.20. The summed E-state index contributed by atoms with van der Waals surface area (Å²) < 4.78 is 33.4. The van der Waals surface area contributed by atoms with Crippen LogP contribution in [0, 0.1) is 0 Å². The lowest BCUT2D eigenvalue weighted by molar-refractivity contribution is -0.161. The first-order chi connectivity index (χ1) is 26.6. The molecule has 0 rings (SSSR count). The van der Waals surface area contributed by atoms with Crippen molar-refractivity contribution in [2.24, 2.45) is 0 Å². The summed E-state index contributed by atoms with van der Waals surface area (Å²) in [4.78, 5) is 57.7. The number of rotatable bonds is 42. The van der Waals surface area contributed by atoms with Gasteiger partial charge in [0, 0.05) is 32.2 Å². The molecule has 1 amide bonds. The summed E-state index contributed by atoms with van der Waals surface area (Å²) in [5, 5.41) is 11.2. The molecular weight excluding hydrogens is 725 g/mol. The number of carbonyl (C=O) groups is 4. The molecule has 0 aromatic carbocycles. The Bertz CT molecular complexity index is 997. The van der Waals surface area contributed by atoms with Gasteiger partial charge in [-0.1, -0.05) is 168 Å². The molecule has 324 valence electrons. The molecule has 0 radical (unpaired) electrons. The maximum Gasteiger partial charge on any atom is 0.472 e. The Balaban J connectivity index is 4.51. The SMILES string of the molecule is CCCCCCCCCCCCCCCC(=O)OC[C@H](COP(=O)(O)OCCNC(=O)CCCC(=O)O)OC(=O)CCCCCCCCCCCCCCC. The number of aliphatic carboxylic acids is 1. The minimum Gasteiger partial charge on any atom is -0.481 e. The highest BCUT2D eigenvalue weighted by atomic mass is 31.2. The zero-order valence-electron chi connectivity index (χ0n) is 34.8. The molecule has 2 atom stereocenters. The Kier molecular flexibility index (Phi) is 37.4. The van der Waals surface area contributed by atoms with Gasteiger partial charge in [-0.2, -0.15) is 0 Å². The van der Waals surface area contributed by atoms with Gasteiger partial charge in [0.1, 0.15) is 6.61 Å². The van der Waals surface area contributed by atoms with Gasteiger partial charge in [0.25, 0.3) is 0 Å². The Morgan fingerprint density at radius 2 is 0.945 bits per heavy atom. The van der Waals surface area contributed by atoms with E-state index >= 15 is 0 Å². The van der Waals surface area contributed by atoms with Crippen molar-refractivity contribution in [2.45, 2.75) is 219 Å². The van der Waals surface area contributed by atoms with Crippen LogP contribution in [-0.2, 0) is 42.3 Å². The fourth-order valence-electron chi connectivity index (χ4n) is 6.25. The van der Waals surface area contributed by atoms with E-state index in [0.29, 0.717) is 12.8 Å². The summed E-state index contributed by atoms with van der Waals surface area (Å²) in [5.41, 5.74) is 0. The first-order valence-electron chi connectivity index (χ1n) is 22.0. The Labute approximate surface area is 333 Å². The van der Waals surface area contributed by atoms with E-state index in [4.69, 9.17) is 23.6 Å². The quantitative estimate of drug-likeness (QED) is 0.0304. The van der Waals surface area contributed by atoms with Crippen molar-refractivity contribution in [3.63, 3.8) is 0 Å². The maximum absolute atomic E-state index is 12.7. The van der Waals surface area contributed by atoms with Crippen LogP contribution in [-0.4, -0.2) is 66.3 Å². The number of carboxylic acid groups (broad SMARTS) is 1. The maximum atomic E-state index is 12.7. The van der Waals surface area contributed by atoms with Gasteiger partial charge in [0.05, 0.1) is 13.2 Å². The number of phosphoric acid groups is 1. The molecule has 0 saturated heterocycles. The van der Waals surface area contributed by atoms with E-state index in [1.807, 2.05) is 0 Å². The molecule has 12 nitrogen and oxygen atoms in total. The standard InChI is InChI=1S/C42H80NO11P/c1-3-5-7-9-11-13-15-17-19-21-23-25-27-32-41(47)51-36-38(37-53-55(49,50)52-35-34-43-39(44)30-29-31-40(45)46)54-42(48)33-28-26-24-22-20-18-16-14-12-10-8-6-4-2/h38H,3-37H2,1-2H3,(H,43,44)(H,45,46)(H,49,50)/t38-/m1/s1. The van der Waals surface area contributed by atoms with Gasteiger partial charge >= 0.3 is 25.7 Å². The Morgan fingerprint density at radius 1 is 0.527 bits per heavy atom. The van der Waals surface area contributed by atoms with Crippen LogP contribution >= 0.6 is 7.82 Å². The lowest BCUT2D eigenvalue weighted by Crippen LogP contribution is -2.30. The minimum absolute atomic E-state index is 0.00399. The number of esters is 2. The molecule has 1 unspecified atom stereocenters. The molecule has 0 aromatic heterocycles. The van der Waals surface area contributed by atoms with Gasteiger partial charge in [0.15, 0.2) is 6.10 Å². The van der Waals surface area contributed by atoms with Gasteiger partial charge < -0.3 is 24.8 Å². The van der Waals surface area contributed by atoms with Gasteiger partial charge in [-0.05, 0) is 19.3 Å². The summed E-state index contributed by atoms with van der Waals surface area (Å²) in [5.74, 6) is -2.33. The van der Waals surface area contributed by atoms with Gasteiger partial charge in [-0.3, -0.25) is 28.2 Å². The van der Waals surface area contributed by atoms with Crippen LogP contribution in [0.15, 0.2) is 0 Å². The number of phosphoric ester groups is 1. The molecule has 0 aromatic rings. The molecule has 0 spiro atoms. The van der Waals surface area contributed by atoms with Gasteiger partial charge in [0.2, 0.25) is 5.91 Å². The number of amides is 1. The monoisotopic (exact) mass is 806 g/mol. The first kappa shape index (κ1) is 53.0. The van der Waals surface area contributed by atoms with E-state index < -0.39 is 44.3 Å². The predicted octanol–water partition coefficient (Wildman–Crippen LogP) is 10.9. The second-order valence-electron chi connectivity index (χ2n) is 15.0. The van der Waals surface area contributed by atoms with Crippen LogP contribution in [0.5, 0.6) is 0 Å². The fraction of sp³-hybridized carbons (Fsp3) is 0.905. The van der Waals surface area contributed by atoms with Crippen molar-refractivity contribution < 1.29 is 52.3 Å². The smallest absolute Gasteiger partial charge is 0.472 e. The number of carbonyl (C=O) groups excluding carboxylic acids is 3. The Morgan fingerprint density at radius 3 is 1.38 bits per heavy atom. The van der Waals surface area contributed by atoms with Crippen molar-refractivity contribution in [1.82, 2.24) is 5.32 Å². The average molecular weight is 806 g/mol. The van der Waals surface area contributed by atoms with Crippen LogP contribution in [0.3, 0.4) is 0 Å². The third kappa shape index (κ3) is 40.0. The fourth-order valence-corrected chi connectivity index (χ4v) is 7.00. The summed E-state index contributed by atoms with van der Waals surface area (Å²) in [6.07, 6.45) is 30.3. The van der Waals surface area contributed by atoms with Crippen molar-refractivity contribution >= 4 is 31.6 Å². The third-order valence-electron chi connectivity index (χ3n) is 9.59. The number of hydrogen-bond acceptors (Lipinski definition) is 9. The molecule has 0 bridgehead atoms. The summed E-state index contributed by atoms with van der Waals surface area (Å²) >= 11 is 0. The zero-order valence-corrected chi connectivity index (χ0v) is 35.7. The highest BCUT2D eigenvalue weighted by Gasteiger charge is 2.26. The topological polar surface area (TPSA) is 175 Å². The molecule has 55 heavy (non-hydrogen) atoms. The largest absolute Gasteiger partial charge is 0.481 e. The second-order valence-corrected chi connectivity index (χ2v) is 16.4. The number of nitrogens with one attached hydrogen (secondary N) is 1. The van der Waals surface area contributed by atoms with Gasteiger partial charge in [-0.15, -0.1) is 0 Å². The van der Waals surface area contributed by atoms with E-state index in [0.717, 1.165) is 38.5 Å². The molecule has 3 N–H and O–H groups in total. The second kappa shape index (κ2) is 38.8. The van der Waals surface area contributed by atoms with Crippen molar-refractivity contribution in [1.29, 1.82) is 0 Å². The molecule has 0 aliphatic carbocycles. The van der Waals surface area contributed by atoms with Crippen molar-refractivity contribution in [3.8, 4) is 0 Å². The normalized spacial score (nSPS) is 12.9. The summed E-state index contributed by atoms with van der Waals surface area (Å²) in [7, 11) is -4.59. The molecule has 0 heterocycles. The molecular formula is C42H80NO11P. The predicted molar refractivity (Wildman–Crippen MR) is 218 cm³/mol. The van der Waals surface area contributed by atoms with E-state index in [2.05, 4.69) is 19.2 Å². The van der Waals surface area contributed by atoms with E-state index in [9.17, 15) is 28.6 Å². The number of ether oxygens (including phenoxy) is 2. The van der Waals surface area contributed by atoms with Crippen LogP contribution in [0.25, 0.3) is 0 Å². The first-order valence-corrected chi connectivity index (χ1v) is 23.5. The van der Waals surface area contributed by atoms with Crippen LogP contribution in [0.4, 0.5) is 0 Å². The van der Waals surface area contributed by atoms with Crippen LogP contribution in [0.2, 0.25) is 0 Å². The third-order valence-corrected chi connectivity index (χ3v) is 10.6. The summed E-state index contributed by atoms with van der Waals surface area (Å²) in [6.45, 7) is 3.21. The highest BCUT2D eigenvalue weighted by molar-refractivity contribution is 7.47. The molecule has 0 saturated carbocycles. The Hall–Kier alpha value is -2.01. The minimum atomic E-state index is -4.59. The van der Waals surface area contributed by atoms with Crippen LogP contribution < -0.4 is 5.32 Å². The average Bonchev–Trinajstić information content (AvgIpc) is 3.15. The van der Waals surface area contributed by atoms with E-state index in [1.54, 1.807) is 0 Å². The van der Waals surface area contributed by atoms with E-state index in [1.165, 1.54) is 116 Å². The van der Waals surface area contributed by atoms with Gasteiger partial charge in [-0.25, -0.2) is 4.57 Å².